The summed E-state index contributed by atoms with van der Waals surface area (Å²) in [5.41, 5.74) is 0.608. The molecule has 0 bridgehead atoms. The van der Waals surface area contributed by atoms with Gasteiger partial charge in [-0.25, -0.2) is 0 Å². The van der Waals surface area contributed by atoms with E-state index in [1.807, 2.05) is 27.7 Å². The number of rotatable bonds is 6. The molecule has 0 rings (SSSR count). The topological polar surface area (TPSA) is 51.0 Å². The Kier molecular flexibility index (Phi) is 6.49. The van der Waals surface area contributed by atoms with Crippen LogP contribution in [0.3, 0.4) is 0 Å². The molecule has 0 saturated carbocycles. The second kappa shape index (κ2) is 6.79. The summed E-state index contributed by atoms with van der Waals surface area (Å²) in [6.07, 6.45) is 0.369. The second-order valence-electron chi connectivity index (χ2n) is 3.84. The van der Waals surface area contributed by atoms with Gasteiger partial charge in [0.25, 0.3) is 0 Å². The van der Waals surface area contributed by atoms with Gasteiger partial charge in [0.1, 0.15) is 0 Å². The Morgan fingerprint density at radius 2 is 1.57 bits per heavy atom. The molecule has 0 aromatic rings. The lowest BCUT2D eigenvalue weighted by Gasteiger charge is -2.22. The van der Waals surface area contributed by atoms with Gasteiger partial charge in [0.2, 0.25) is 0 Å². The Balaban J connectivity index is 4.10. The van der Waals surface area contributed by atoms with Crippen LogP contribution in [-0.2, 0) is 9.47 Å². The van der Waals surface area contributed by atoms with Gasteiger partial charge in [-0.3, -0.25) is 0 Å². The van der Waals surface area contributed by atoms with Crippen LogP contribution in [0.15, 0.2) is 5.16 Å². The van der Waals surface area contributed by atoms with Crippen LogP contribution in [0.2, 0.25) is 0 Å². The zero-order valence-electron chi connectivity index (χ0n) is 9.65. The van der Waals surface area contributed by atoms with E-state index in [1.165, 1.54) is 0 Å². The van der Waals surface area contributed by atoms with Crippen molar-refractivity contribution in [2.45, 2.75) is 59.5 Å². The molecule has 14 heavy (non-hydrogen) atoms. The normalized spacial score (nSPS) is 13.3. The molecule has 84 valence electrons. The molecule has 1 N–H and O–H groups in total. The monoisotopic (exact) mass is 203 g/mol. The van der Waals surface area contributed by atoms with Gasteiger partial charge in [0, 0.05) is 6.42 Å². The lowest BCUT2D eigenvalue weighted by Crippen LogP contribution is -2.26. The summed E-state index contributed by atoms with van der Waals surface area (Å²) < 4.78 is 11.0. The molecule has 4 nitrogen and oxygen atoms in total. The molecule has 0 aromatic carbocycles. The average Bonchev–Trinajstić information content (AvgIpc) is 2.01. The lowest BCUT2D eigenvalue weighted by atomic mass is 10.3. The second-order valence-corrected chi connectivity index (χ2v) is 3.84. The fourth-order valence-electron chi connectivity index (χ4n) is 1.02. The quantitative estimate of drug-likeness (QED) is 0.312. The van der Waals surface area contributed by atoms with Crippen molar-refractivity contribution in [3.05, 3.63) is 0 Å². The summed E-state index contributed by atoms with van der Waals surface area (Å²) in [6, 6.07) is 0. The summed E-state index contributed by atoms with van der Waals surface area (Å²) in [5, 5.41) is 11.6. The van der Waals surface area contributed by atoms with E-state index in [0.717, 1.165) is 0 Å². The molecule has 0 aliphatic heterocycles. The van der Waals surface area contributed by atoms with Gasteiger partial charge in [0.05, 0.1) is 17.9 Å². The fourth-order valence-corrected chi connectivity index (χ4v) is 1.02. The van der Waals surface area contributed by atoms with E-state index >= 15 is 0 Å². The van der Waals surface area contributed by atoms with Crippen molar-refractivity contribution in [3.63, 3.8) is 0 Å². The smallest absolute Gasteiger partial charge is 0.163 e. The highest BCUT2D eigenvalue weighted by molar-refractivity contribution is 5.81. The molecule has 0 aliphatic rings. The van der Waals surface area contributed by atoms with Gasteiger partial charge in [-0.05, 0) is 34.6 Å². The van der Waals surface area contributed by atoms with E-state index in [0.29, 0.717) is 12.1 Å². The minimum Gasteiger partial charge on any atom is -0.411 e. The van der Waals surface area contributed by atoms with Crippen molar-refractivity contribution in [2.24, 2.45) is 5.16 Å². The van der Waals surface area contributed by atoms with Crippen molar-refractivity contribution in [1.29, 1.82) is 0 Å². The third-order valence-electron chi connectivity index (χ3n) is 1.48. The maximum atomic E-state index is 8.53. The molecule has 4 heteroatoms. The van der Waals surface area contributed by atoms with Gasteiger partial charge < -0.3 is 14.7 Å². The maximum absolute atomic E-state index is 8.53. The largest absolute Gasteiger partial charge is 0.411 e. The van der Waals surface area contributed by atoms with Gasteiger partial charge >= 0.3 is 0 Å². The van der Waals surface area contributed by atoms with E-state index < -0.39 is 0 Å². The Morgan fingerprint density at radius 3 is 1.86 bits per heavy atom. The highest BCUT2D eigenvalue weighted by Gasteiger charge is 2.14. The first-order chi connectivity index (χ1) is 6.45. The predicted molar refractivity (Wildman–Crippen MR) is 55.7 cm³/mol. The van der Waals surface area contributed by atoms with Gasteiger partial charge in [0.15, 0.2) is 6.29 Å². The molecule has 0 heterocycles. The third-order valence-corrected chi connectivity index (χ3v) is 1.48. The summed E-state index contributed by atoms with van der Waals surface area (Å²) in [5.74, 6) is 0. The zero-order chi connectivity index (χ0) is 11.1. The first-order valence-electron chi connectivity index (χ1n) is 4.94. The standard InChI is InChI=1S/C10H21NO3/c1-7(2)13-10(14-8(3)4)6-9(5)11-12/h7-8,10,12H,6H2,1-5H3. The fraction of sp³-hybridized carbons (Fsp3) is 0.900. The van der Waals surface area contributed by atoms with E-state index in [9.17, 15) is 0 Å². The van der Waals surface area contributed by atoms with Crippen LogP contribution in [-0.4, -0.2) is 29.4 Å². The van der Waals surface area contributed by atoms with Gasteiger partial charge in [-0.2, -0.15) is 0 Å². The summed E-state index contributed by atoms with van der Waals surface area (Å²) in [7, 11) is 0. The lowest BCUT2D eigenvalue weighted by molar-refractivity contribution is -0.176. The van der Waals surface area contributed by atoms with Gasteiger partial charge in [-0.15, -0.1) is 0 Å². The molecule has 0 spiro atoms. The van der Waals surface area contributed by atoms with E-state index in [2.05, 4.69) is 5.16 Å². The Hall–Kier alpha value is -0.610. The molecule has 0 fully saturated rings. The number of oxime groups is 1. The summed E-state index contributed by atoms with van der Waals surface area (Å²) in [4.78, 5) is 0. The van der Waals surface area contributed by atoms with Crippen molar-refractivity contribution in [2.75, 3.05) is 0 Å². The molecule has 0 unspecified atom stereocenters. The van der Waals surface area contributed by atoms with Crippen LogP contribution in [0.25, 0.3) is 0 Å². The van der Waals surface area contributed by atoms with Crippen molar-refractivity contribution in [1.82, 2.24) is 0 Å². The SMILES string of the molecule is CC(CC(OC(C)C)OC(C)C)=NO. The maximum Gasteiger partial charge on any atom is 0.163 e. The van der Waals surface area contributed by atoms with E-state index in [-0.39, 0.29) is 18.5 Å². The number of hydrogen-bond donors (Lipinski definition) is 1. The van der Waals surface area contributed by atoms with Crippen LogP contribution in [0.5, 0.6) is 0 Å². The third kappa shape index (κ3) is 6.86. The summed E-state index contributed by atoms with van der Waals surface area (Å²) >= 11 is 0. The molecule has 0 radical (unpaired) electrons. The van der Waals surface area contributed by atoms with E-state index in [1.54, 1.807) is 6.92 Å². The van der Waals surface area contributed by atoms with Crippen molar-refractivity contribution in [3.8, 4) is 0 Å². The number of hydrogen-bond acceptors (Lipinski definition) is 4. The first-order valence-corrected chi connectivity index (χ1v) is 4.94. The van der Waals surface area contributed by atoms with Crippen molar-refractivity contribution >= 4 is 5.71 Å². The molecule has 0 aromatic heterocycles. The zero-order valence-corrected chi connectivity index (χ0v) is 9.65. The van der Waals surface area contributed by atoms with Crippen LogP contribution in [0, 0.1) is 0 Å². The Labute approximate surface area is 85.9 Å². The molecular weight excluding hydrogens is 182 g/mol. The van der Waals surface area contributed by atoms with Crippen LogP contribution in [0.1, 0.15) is 41.0 Å². The van der Waals surface area contributed by atoms with E-state index in [4.69, 9.17) is 14.7 Å². The Bertz CT molecular complexity index is 168. The minimum atomic E-state index is -0.328. The van der Waals surface area contributed by atoms with Crippen LogP contribution < -0.4 is 0 Å². The molecular formula is C10H21NO3. The molecule has 0 saturated heterocycles. The molecule has 0 amide bonds. The van der Waals surface area contributed by atoms with Crippen LogP contribution >= 0.6 is 0 Å². The Morgan fingerprint density at radius 1 is 1.14 bits per heavy atom. The summed E-state index contributed by atoms with van der Waals surface area (Å²) in [6.45, 7) is 9.52. The highest BCUT2D eigenvalue weighted by Crippen LogP contribution is 2.08. The van der Waals surface area contributed by atoms with Crippen LogP contribution in [0.4, 0.5) is 0 Å². The predicted octanol–water partition coefficient (Wildman–Crippen LogP) is 2.40. The molecule has 0 atom stereocenters. The van der Waals surface area contributed by atoms with Crippen molar-refractivity contribution < 1.29 is 14.7 Å². The first kappa shape index (κ1) is 13.4. The highest BCUT2D eigenvalue weighted by atomic mass is 16.7. The number of nitrogens with zero attached hydrogens (tertiary/aromatic N) is 1. The number of ether oxygens (including phenoxy) is 2. The molecule has 0 aliphatic carbocycles. The van der Waals surface area contributed by atoms with Gasteiger partial charge in [-0.1, -0.05) is 5.16 Å². The average molecular weight is 203 g/mol. The minimum absolute atomic E-state index is 0.102.